The Bertz CT molecular complexity index is 625. The fourth-order valence-electron chi connectivity index (χ4n) is 2.88. The number of hydrogen-bond acceptors (Lipinski definition) is 4. The Balaban J connectivity index is 1.79. The molecule has 0 saturated carbocycles. The van der Waals surface area contributed by atoms with Gasteiger partial charge in [-0.25, -0.2) is 13.8 Å². The van der Waals surface area contributed by atoms with Gasteiger partial charge in [-0.15, -0.1) is 0 Å². The molecule has 2 aromatic rings. The summed E-state index contributed by atoms with van der Waals surface area (Å²) < 4.78 is 32.7. The minimum absolute atomic E-state index is 0.0526. The maximum Gasteiger partial charge on any atom is 0.232 e. The van der Waals surface area contributed by atoms with E-state index in [1.165, 1.54) is 24.5 Å². The van der Waals surface area contributed by atoms with Crippen molar-refractivity contribution in [3.8, 4) is 11.5 Å². The van der Waals surface area contributed by atoms with Crippen LogP contribution in [0.3, 0.4) is 0 Å². The monoisotopic (exact) mass is 308 g/mol. The fraction of sp³-hybridized carbons (Fsp3) is 0.438. The van der Waals surface area contributed by atoms with Crippen LogP contribution < -0.4 is 0 Å². The molecule has 1 aromatic heterocycles. The molecule has 1 aliphatic heterocycles. The molecule has 118 valence electrons. The summed E-state index contributed by atoms with van der Waals surface area (Å²) in [7, 11) is 0. The van der Waals surface area contributed by atoms with Crippen LogP contribution in [0, 0.1) is 11.6 Å². The first-order valence-corrected chi connectivity index (χ1v) is 7.42. The Hall–Kier alpha value is -1.79. The van der Waals surface area contributed by atoms with Gasteiger partial charge in [-0.05, 0) is 31.5 Å². The molecule has 0 unspecified atom stereocenters. The molecule has 1 fully saturated rings. The van der Waals surface area contributed by atoms with E-state index < -0.39 is 11.6 Å². The van der Waals surface area contributed by atoms with E-state index >= 15 is 0 Å². The Morgan fingerprint density at radius 1 is 1.27 bits per heavy atom. The van der Waals surface area contributed by atoms with E-state index in [0.717, 1.165) is 25.8 Å². The van der Waals surface area contributed by atoms with Gasteiger partial charge in [0, 0.05) is 12.6 Å². The first-order chi connectivity index (χ1) is 10.7. The molecule has 22 heavy (non-hydrogen) atoms. The maximum atomic E-state index is 13.7. The molecule has 1 saturated heterocycles. The van der Waals surface area contributed by atoms with Gasteiger partial charge in [-0.3, -0.25) is 4.90 Å². The smallest absolute Gasteiger partial charge is 0.232 e. The number of rotatable bonds is 4. The highest BCUT2D eigenvalue weighted by atomic mass is 19.1. The van der Waals surface area contributed by atoms with Crippen molar-refractivity contribution in [1.82, 2.24) is 9.88 Å². The van der Waals surface area contributed by atoms with Crippen LogP contribution in [0.1, 0.15) is 25.0 Å². The zero-order chi connectivity index (χ0) is 15.5. The SMILES string of the molecule is OC[C@H]1CCCCN1Cc1coc(-c2c(F)cccc2F)n1. The third-order valence-electron chi connectivity index (χ3n) is 4.05. The second kappa shape index (κ2) is 6.54. The van der Waals surface area contributed by atoms with E-state index in [9.17, 15) is 13.9 Å². The van der Waals surface area contributed by atoms with Crippen LogP contribution in [0.4, 0.5) is 8.78 Å². The third-order valence-corrected chi connectivity index (χ3v) is 4.05. The van der Waals surface area contributed by atoms with Crippen LogP contribution in [0.5, 0.6) is 0 Å². The van der Waals surface area contributed by atoms with Gasteiger partial charge in [0.25, 0.3) is 0 Å². The molecule has 1 aliphatic rings. The van der Waals surface area contributed by atoms with Gasteiger partial charge in [0.05, 0.1) is 12.3 Å². The average molecular weight is 308 g/mol. The van der Waals surface area contributed by atoms with E-state index in [2.05, 4.69) is 9.88 Å². The summed E-state index contributed by atoms with van der Waals surface area (Å²) in [6.07, 6.45) is 4.54. The summed E-state index contributed by atoms with van der Waals surface area (Å²) in [4.78, 5) is 6.32. The number of aliphatic hydroxyl groups is 1. The number of piperidine rings is 1. The van der Waals surface area contributed by atoms with Gasteiger partial charge in [0.2, 0.25) is 5.89 Å². The lowest BCUT2D eigenvalue weighted by Crippen LogP contribution is -2.41. The predicted octanol–water partition coefficient (Wildman–Crippen LogP) is 2.97. The molecule has 2 heterocycles. The van der Waals surface area contributed by atoms with Crippen molar-refractivity contribution < 1.29 is 18.3 Å². The lowest BCUT2D eigenvalue weighted by Gasteiger charge is -2.33. The molecule has 6 heteroatoms. The molecule has 0 bridgehead atoms. The molecule has 1 atom stereocenters. The van der Waals surface area contributed by atoms with Crippen LogP contribution >= 0.6 is 0 Å². The van der Waals surface area contributed by atoms with Crippen molar-refractivity contribution in [2.45, 2.75) is 31.8 Å². The summed E-state index contributed by atoms with van der Waals surface area (Å²) in [5.74, 6) is -1.44. The van der Waals surface area contributed by atoms with E-state index in [4.69, 9.17) is 4.42 Å². The number of hydrogen-bond donors (Lipinski definition) is 1. The minimum atomic E-state index is -0.695. The molecular weight excluding hydrogens is 290 g/mol. The highest BCUT2D eigenvalue weighted by Crippen LogP contribution is 2.26. The van der Waals surface area contributed by atoms with Crippen LogP contribution in [0.15, 0.2) is 28.9 Å². The van der Waals surface area contributed by atoms with Crippen molar-refractivity contribution in [3.63, 3.8) is 0 Å². The summed E-state index contributed by atoms with van der Waals surface area (Å²) in [5.41, 5.74) is 0.365. The van der Waals surface area contributed by atoms with Gasteiger partial charge in [0.15, 0.2) is 0 Å². The standard InChI is InChI=1S/C16H18F2N2O2/c17-13-5-3-6-14(18)15(13)16-19-11(10-22-16)8-20-7-2-1-4-12(20)9-21/h3,5-6,10,12,21H,1-2,4,7-9H2/t12-/m1/s1. The van der Waals surface area contributed by atoms with Gasteiger partial charge < -0.3 is 9.52 Å². The molecule has 0 amide bonds. The van der Waals surface area contributed by atoms with E-state index in [1.54, 1.807) is 0 Å². The lowest BCUT2D eigenvalue weighted by atomic mass is 10.0. The quantitative estimate of drug-likeness (QED) is 0.943. The van der Waals surface area contributed by atoms with Crippen LogP contribution in [-0.4, -0.2) is 34.2 Å². The van der Waals surface area contributed by atoms with E-state index in [-0.39, 0.29) is 24.1 Å². The maximum absolute atomic E-state index is 13.7. The molecule has 0 spiro atoms. The molecule has 1 aromatic carbocycles. The number of likely N-dealkylation sites (tertiary alicyclic amines) is 1. The second-order valence-corrected chi connectivity index (χ2v) is 5.54. The number of halogens is 2. The van der Waals surface area contributed by atoms with Gasteiger partial charge in [0.1, 0.15) is 23.5 Å². The van der Waals surface area contributed by atoms with Crippen molar-refractivity contribution in [2.75, 3.05) is 13.2 Å². The average Bonchev–Trinajstić information content (AvgIpc) is 2.96. The normalized spacial score (nSPS) is 19.5. The van der Waals surface area contributed by atoms with E-state index in [1.807, 2.05) is 0 Å². The third kappa shape index (κ3) is 3.03. The first kappa shape index (κ1) is 15.1. The Morgan fingerprint density at radius 3 is 2.77 bits per heavy atom. The summed E-state index contributed by atoms with van der Waals surface area (Å²) in [6.45, 7) is 1.49. The van der Waals surface area contributed by atoms with Crippen molar-refractivity contribution in [3.05, 3.63) is 41.8 Å². The summed E-state index contributed by atoms with van der Waals surface area (Å²) in [5, 5.41) is 9.41. The molecule has 3 rings (SSSR count). The number of nitrogens with zero attached hydrogens (tertiary/aromatic N) is 2. The topological polar surface area (TPSA) is 49.5 Å². The van der Waals surface area contributed by atoms with Crippen molar-refractivity contribution in [1.29, 1.82) is 0 Å². The van der Waals surface area contributed by atoms with Crippen molar-refractivity contribution >= 4 is 0 Å². The highest BCUT2D eigenvalue weighted by Gasteiger charge is 2.23. The number of aliphatic hydroxyl groups excluding tert-OH is 1. The fourth-order valence-corrected chi connectivity index (χ4v) is 2.88. The highest BCUT2D eigenvalue weighted by molar-refractivity contribution is 5.55. The van der Waals surface area contributed by atoms with Crippen LogP contribution in [0.2, 0.25) is 0 Å². The molecule has 4 nitrogen and oxygen atoms in total. The summed E-state index contributed by atoms with van der Waals surface area (Å²) >= 11 is 0. The van der Waals surface area contributed by atoms with Gasteiger partial charge in [-0.1, -0.05) is 12.5 Å². The Morgan fingerprint density at radius 2 is 2.05 bits per heavy atom. The first-order valence-electron chi connectivity index (χ1n) is 7.42. The molecule has 0 aliphatic carbocycles. The Kier molecular flexibility index (Phi) is 4.49. The lowest BCUT2D eigenvalue weighted by molar-refractivity contribution is 0.0830. The zero-order valence-electron chi connectivity index (χ0n) is 12.1. The minimum Gasteiger partial charge on any atom is -0.444 e. The largest absolute Gasteiger partial charge is 0.444 e. The van der Waals surface area contributed by atoms with Gasteiger partial charge in [-0.2, -0.15) is 0 Å². The van der Waals surface area contributed by atoms with Crippen LogP contribution in [0.25, 0.3) is 11.5 Å². The number of oxazole rings is 1. The summed E-state index contributed by atoms with van der Waals surface area (Å²) in [6, 6.07) is 3.76. The van der Waals surface area contributed by atoms with Gasteiger partial charge >= 0.3 is 0 Å². The molecule has 0 radical (unpaired) electrons. The number of benzene rings is 1. The second-order valence-electron chi connectivity index (χ2n) is 5.54. The van der Waals surface area contributed by atoms with Crippen LogP contribution in [-0.2, 0) is 6.54 Å². The Labute approximate surface area is 127 Å². The van der Waals surface area contributed by atoms with Crippen molar-refractivity contribution in [2.24, 2.45) is 0 Å². The van der Waals surface area contributed by atoms with E-state index in [0.29, 0.717) is 12.2 Å². The molecular formula is C16H18F2N2O2. The predicted molar refractivity (Wildman–Crippen MR) is 77.0 cm³/mol. The molecule has 1 N–H and O–H groups in total. The number of aromatic nitrogens is 1. The zero-order valence-corrected chi connectivity index (χ0v) is 12.1.